The molecule has 3 heterocycles. The summed E-state index contributed by atoms with van der Waals surface area (Å²) in [6, 6.07) is 7.44. The predicted octanol–water partition coefficient (Wildman–Crippen LogP) is 1.39. The van der Waals surface area contributed by atoms with Crippen molar-refractivity contribution in [2.24, 2.45) is 0 Å². The van der Waals surface area contributed by atoms with Crippen molar-refractivity contribution in [2.75, 3.05) is 22.1 Å². The van der Waals surface area contributed by atoms with Crippen molar-refractivity contribution in [2.45, 2.75) is 25.9 Å². The van der Waals surface area contributed by atoms with E-state index < -0.39 is 9.84 Å². The van der Waals surface area contributed by atoms with Crippen molar-refractivity contribution < 1.29 is 8.42 Å². The zero-order valence-corrected chi connectivity index (χ0v) is 13.7. The zero-order valence-electron chi connectivity index (χ0n) is 12.9. The average Bonchev–Trinajstić information content (AvgIpc) is 2.84. The molecule has 0 aliphatic carbocycles. The minimum atomic E-state index is -2.91. The first-order valence-electron chi connectivity index (χ1n) is 7.47. The van der Waals surface area contributed by atoms with Crippen LogP contribution >= 0.6 is 0 Å². The Balaban J connectivity index is 1.67. The third kappa shape index (κ3) is 4.38. The summed E-state index contributed by atoms with van der Waals surface area (Å²) in [5, 5.41) is 6.33. The molecule has 0 bridgehead atoms. The first-order valence-corrected chi connectivity index (χ1v) is 9.29. The van der Waals surface area contributed by atoms with Gasteiger partial charge in [0.1, 0.15) is 5.82 Å². The van der Waals surface area contributed by atoms with Crippen molar-refractivity contribution in [1.29, 1.82) is 0 Å². The monoisotopic (exact) mass is 333 g/mol. The number of sulfone groups is 1. The summed E-state index contributed by atoms with van der Waals surface area (Å²) in [6.07, 6.45) is 2.35. The van der Waals surface area contributed by atoms with Crippen LogP contribution in [0.25, 0.3) is 0 Å². The van der Waals surface area contributed by atoms with Gasteiger partial charge >= 0.3 is 0 Å². The highest BCUT2D eigenvalue weighted by Gasteiger charge is 2.28. The molecule has 1 aliphatic rings. The van der Waals surface area contributed by atoms with Gasteiger partial charge in [-0.15, -0.1) is 0 Å². The number of rotatable bonds is 5. The Labute approximate surface area is 135 Å². The lowest BCUT2D eigenvalue weighted by atomic mass is 10.2. The molecule has 1 unspecified atom stereocenters. The quantitative estimate of drug-likeness (QED) is 0.853. The van der Waals surface area contributed by atoms with Crippen molar-refractivity contribution in [1.82, 2.24) is 15.0 Å². The molecule has 1 aliphatic heterocycles. The van der Waals surface area contributed by atoms with Crippen molar-refractivity contribution in [3.05, 3.63) is 41.9 Å². The number of aromatic nitrogens is 3. The molecular formula is C15H19N5O2S. The van der Waals surface area contributed by atoms with Crippen LogP contribution in [0.5, 0.6) is 0 Å². The normalized spacial score (nSPS) is 19.4. The summed E-state index contributed by atoms with van der Waals surface area (Å²) < 4.78 is 23.1. The Kier molecular flexibility index (Phi) is 4.42. The van der Waals surface area contributed by atoms with E-state index in [1.54, 1.807) is 6.20 Å². The van der Waals surface area contributed by atoms with Crippen molar-refractivity contribution >= 4 is 21.6 Å². The Hall–Kier alpha value is -2.22. The van der Waals surface area contributed by atoms with Crippen LogP contribution in [0.15, 0.2) is 30.5 Å². The molecule has 1 saturated heterocycles. The van der Waals surface area contributed by atoms with Crippen LogP contribution in [-0.2, 0) is 16.4 Å². The van der Waals surface area contributed by atoms with Gasteiger partial charge in [-0.2, -0.15) is 4.98 Å². The van der Waals surface area contributed by atoms with Crippen LogP contribution in [-0.4, -0.2) is 40.9 Å². The largest absolute Gasteiger partial charge is 0.366 e. The first kappa shape index (κ1) is 15.7. The maximum absolute atomic E-state index is 11.5. The van der Waals surface area contributed by atoms with Crippen LogP contribution in [0, 0.1) is 6.92 Å². The second-order valence-corrected chi connectivity index (χ2v) is 7.87. The molecule has 0 radical (unpaired) electrons. The van der Waals surface area contributed by atoms with Crippen molar-refractivity contribution in [3.63, 3.8) is 0 Å². The van der Waals surface area contributed by atoms with Gasteiger partial charge in [-0.05, 0) is 25.5 Å². The minimum absolute atomic E-state index is 0.0852. The summed E-state index contributed by atoms with van der Waals surface area (Å²) in [5.74, 6) is 1.54. The SMILES string of the molecule is Cc1cc(NC2CCS(=O)(=O)C2)nc(NCc2ccccn2)n1. The molecule has 3 rings (SSSR count). The molecule has 0 amide bonds. The molecule has 1 fully saturated rings. The van der Waals surface area contributed by atoms with Gasteiger partial charge in [0, 0.05) is 24.0 Å². The smallest absolute Gasteiger partial charge is 0.225 e. The third-order valence-electron chi connectivity index (χ3n) is 3.59. The van der Waals surface area contributed by atoms with Gasteiger partial charge in [-0.25, -0.2) is 13.4 Å². The minimum Gasteiger partial charge on any atom is -0.366 e. The van der Waals surface area contributed by atoms with E-state index in [2.05, 4.69) is 25.6 Å². The van der Waals surface area contributed by atoms with E-state index in [4.69, 9.17) is 0 Å². The van der Waals surface area contributed by atoms with Gasteiger partial charge in [-0.3, -0.25) is 4.98 Å². The standard InChI is InChI=1S/C15H19N5O2S/c1-11-8-14(19-13-5-7-23(21,22)10-13)20-15(18-11)17-9-12-4-2-3-6-16-12/h2-4,6,8,13H,5,7,9-10H2,1H3,(H2,17,18,19,20). The van der Waals surface area contributed by atoms with E-state index in [9.17, 15) is 8.42 Å². The molecule has 23 heavy (non-hydrogen) atoms. The third-order valence-corrected chi connectivity index (χ3v) is 5.36. The molecule has 0 spiro atoms. The van der Waals surface area contributed by atoms with Crippen LogP contribution in [0.4, 0.5) is 11.8 Å². The summed E-state index contributed by atoms with van der Waals surface area (Å²) in [5.41, 5.74) is 1.71. The molecule has 7 nitrogen and oxygen atoms in total. The van der Waals surface area contributed by atoms with E-state index in [0.717, 1.165) is 11.4 Å². The number of hydrogen-bond donors (Lipinski definition) is 2. The Bertz CT molecular complexity index is 780. The molecule has 2 aromatic rings. The number of aryl methyl sites for hydroxylation is 1. The second-order valence-electron chi connectivity index (χ2n) is 5.64. The van der Waals surface area contributed by atoms with Crippen LogP contribution in [0.3, 0.4) is 0 Å². The van der Waals surface area contributed by atoms with E-state index >= 15 is 0 Å². The topological polar surface area (TPSA) is 96.9 Å². The molecule has 0 saturated carbocycles. The lowest BCUT2D eigenvalue weighted by molar-refractivity contribution is 0.602. The molecule has 122 valence electrons. The Morgan fingerprint density at radius 2 is 2.17 bits per heavy atom. The summed E-state index contributed by atoms with van der Waals surface area (Å²) in [4.78, 5) is 13.0. The second kappa shape index (κ2) is 6.49. The molecule has 1 atom stereocenters. The highest BCUT2D eigenvalue weighted by atomic mass is 32.2. The highest BCUT2D eigenvalue weighted by molar-refractivity contribution is 7.91. The summed E-state index contributed by atoms with van der Waals surface area (Å²) in [7, 11) is -2.91. The van der Waals surface area contributed by atoms with Gasteiger partial charge in [0.2, 0.25) is 5.95 Å². The average molecular weight is 333 g/mol. The van der Waals surface area contributed by atoms with Gasteiger partial charge in [0.05, 0.1) is 23.7 Å². The van der Waals surface area contributed by atoms with Crippen LogP contribution < -0.4 is 10.6 Å². The number of hydrogen-bond acceptors (Lipinski definition) is 7. The summed E-state index contributed by atoms with van der Waals surface area (Å²) in [6.45, 7) is 2.41. The van der Waals surface area contributed by atoms with E-state index in [-0.39, 0.29) is 17.5 Å². The van der Waals surface area contributed by atoms with Gasteiger partial charge < -0.3 is 10.6 Å². The highest BCUT2D eigenvalue weighted by Crippen LogP contribution is 2.18. The molecule has 0 aromatic carbocycles. The van der Waals surface area contributed by atoms with Gasteiger partial charge in [-0.1, -0.05) is 6.07 Å². The van der Waals surface area contributed by atoms with E-state index in [0.29, 0.717) is 24.7 Å². The number of nitrogens with one attached hydrogen (secondary N) is 2. The van der Waals surface area contributed by atoms with E-state index in [1.807, 2.05) is 31.2 Å². The maximum atomic E-state index is 11.5. The van der Waals surface area contributed by atoms with Crippen LogP contribution in [0.2, 0.25) is 0 Å². The maximum Gasteiger partial charge on any atom is 0.225 e. The fraction of sp³-hybridized carbons (Fsp3) is 0.400. The van der Waals surface area contributed by atoms with E-state index in [1.165, 1.54) is 0 Å². The molecule has 2 N–H and O–H groups in total. The van der Waals surface area contributed by atoms with Gasteiger partial charge in [0.15, 0.2) is 9.84 Å². The Morgan fingerprint density at radius 3 is 2.87 bits per heavy atom. The number of pyridine rings is 1. The molecule has 2 aromatic heterocycles. The zero-order chi connectivity index (χ0) is 16.3. The number of anilines is 2. The van der Waals surface area contributed by atoms with Crippen LogP contribution in [0.1, 0.15) is 17.8 Å². The molecular weight excluding hydrogens is 314 g/mol. The van der Waals surface area contributed by atoms with Gasteiger partial charge in [0.25, 0.3) is 0 Å². The summed E-state index contributed by atoms with van der Waals surface area (Å²) >= 11 is 0. The van der Waals surface area contributed by atoms with Crippen molar-refractivity contribution in [3.8, 4) is 0 Å². The lowest BCUT2D eigenvalue weighted by Crippen LogP contribution is -2.21. The first-order chi connectivity index (χ1) is 11.0. The fourth-order valence-corrected chi connectivity index (χ4v) is 4.19. The Morgan fingerprint density at radius 1 is 1.30 bits per heavy atom. The molecule has 8 heteroatoms. The fourth-order valence-electron chi connectivity index (χ4n) is 2.51. The lowest BCUT2D eigenvalue weighted by Gasteiger charge is -2.13. The predicted molar refractivity (Wildman–Crippen MR) is 89.0 cm³/mol. The number of nitrogens with zero attached hydrogens (tertiary/aromatic N) is 3.